The third kappa shape index (κ3) is 11.5. The molecular weight excluding hydrogens is 1300 g/mol. The molecule has 0 spiro atoms. The number of H-pyrrole nitrogens is 1. The van der Waals surface area contributed by atoms with Crippen LogP contribution in [0.4, 0.5) is 0 Å². The molecule has 4 aliphatic rings. The summed E-state index contributed by atoms with van der Waals surface area (Å²) in [6.45, 7) is 5.74. The van der Waals surface area contributed by atoms with Crippen molar-refractivity contribution in [3.8, 4) is 5.75 Å². The number of fused-ring (bicyclic) bond motifs is 1. The van der Waals surface area contributed by atoms with E-state index in [1.54, 1.807) is 29.9 Å². The van der Waals surface area contributed by atoms with Crippen molar-refractivity contribution < 1.29 is 19.4 Å². The molecule has 4 aliphatic heterocycles. The number of methoxy groups -OCH3 is 1. The molecule has 0 saturated carbocycles. The summed E-state index contributed by atoms with van der Waals surface area (Å²) in [7, 11) is 1.65. The van der Waals surface area contributed by atoms with Gasteiger partial charge in [-0.15, -0.1) is 0 Å². The summed E-state index contributed by atoms with van der Waals surface area (Å²) < 4.78 is 24.1. The van der Waals surface area contributed by atoms with Crippen molar-refractivity contribution in [2.75, 3.05) is 7.11 Å². The second kappa shape index (κ2) is 25.6. The number of aromatic amines is 1. The minimum Gasteiger partial charge on any atom is -0.497 e. The second-order valence-electron chi connectivity index (χ2n) is 23.7. The van der Waals surface area contributed by atoms with Gasteiger partial charge in [0.2, 0.25) is 0 Å². The lowest BCUT2D eigenvalue weighted by Crippen LogP contribution is -2.34. The smallest absolute Gasteiger partial charge is 0.329 e. The summed E-state index contributed by atoms with van der Waals surface area (Å²) in [6, 6.07) is 65.4. The first kappa shape index (κ1) is 60.5. The summed E-state index contributed by atoms with van der Waals surface area (Å²) >= 11 is 7.20. The van der Waals surface area contributed by atoms with Crippen LogP contribution >= 0.6 is 31.9 Å². The van der Waals surface area contributed by atoms with Gasteiger partial charge in [-0.2, -0.15) is 0 Å². The van der Waals surface area contributed by atoms with Gasteiger partial charge in [0.1, 0.15) is 11.9 Å². The van der Waals surface area contributed by atoms with E-state index in [1.165, 1.54) is 0 Å². The molecule has 0 bridgehead atoms. The summed E-state index contributed by atoms with van der Waals surface area (Å²) in [5.74, 6) is 0.0413. The Balaban J connectivity index is 0.000000116. The fourth-order valence-corrected chi connectivity index (χ4v) is 14.5. The molecule has 2 N–H and O–H groups in total. The number of allylic oxidation sites excluding steroid dienone is 2. The van der Waals surface area contributed by atoms with Gasteiger partial charge in [-0.1, -0.05) is 220 Å². The maximum atomic E-state index is 13.4. The van der Waals surface area contributed by atoms with E-state index in [0.717, 1.165) is 105 Å². The van der Waals surface area contributed by atoms with Crippen LogP contribution in [0.3, 0.4) is 0 Å². The monoisotopic (exact) mass is 1360 g/mol. The molecule has 0 aliphatic carbocycles. The van der Waals surface area contributed by atoms with Crippen molar-refractivity contribution in [3.05, 3.63) is 299 Å². The number of halogens is 2. The molecule has 93 heavy (non-hydrogen) atoms. The van der Waals surface area contributed by atoms with Crippen LogP contribution in [0.25, 0.3) is 67.1 Å². The summed E-state index contributed by atoms with van der Waals surface area (Å²) in [5.41, 5.74) is 15.4. The van der Waals surface area contributed by atoms with Crippen LogP contribution in [0, 0.1) is 0 Å². The normalized spacial score (nSPS) is 16.7. The number of carbonyl (C=O) groups is 1. The van der Waals surface area contributed by atoms with Gasteiger partial charge >= 0.3 is 28.7 Å². The molecule has 5 atom stereocenters. The topological polar surface area (TPSA) is 174 Å². The molecule has 13 aromatic rings. The van der Waals surface area contributed by atoms with Gasteiger partial charge in [-0.05, 0) is 76.3 Å². The third-order valence-corrected chi connectivity index (χ3v) is 19.5. The van der Waals surface area contributed by atoms with Crippen LogP contribution in [0.15, 0.2) is 232 Å². The number of hydrogen-bond acceptors (Lipinski definition) is 8. The van der Waals surface area contributed by atoms with Crippen molar-refractivity contribution in [1.29, 1.82) is 0 Å². The molecule has 17 rings (SSSR count). The molecule has 0 saturated heterocycles. The number of para-hydroxylation sites is 4. The Morgan fingerprint density at radius 1 is 0.527 bits per heavy atom. The van der Waals surface area contributed by atoms with Gasteiger partial charge in [0.05, 0.1) is 92.6 Å². The van der Waals surface area contributed by atoms with Gasteiger partial charge in [0.25, 0.3) is 0 Å². The van der Waals surface area contributed by atoms with Crippen LogP contribution in [0.5, 0.6) is 5.75 Å². The first-order valence-corrected chi connectivity index (χ1v) is 32.7. The molecule has 18 heteroatoms. The predicted molar refractivity (Wildman–Crippen MR) is 374 cm³/mol. The van der Waals surface area contributed by atoms with Crippen molar-refractivity contribution >= 4 is 105 Å². The standard InChI is InChI=1S/C31H27BrN2O4.C17H15BrN2O2.C17H14N2O.C10H8N2O/c1-19(21-11-12-23-16-24(37-2)14-13-22(23)15-21)30(35)38-29-25-9-6-10-27-28(25)34(18-26(29)32)31(36)33(27)17-20-7-4-3-5-8-20;18-13-10-20-15-12(16(13)21)7-4-8-14(15)19(17(20)22)9-11-5-2-1-3-6-11;20-17-18-11-5-9-14-8-4-10-15(16(14)18)19(17)12-13-6-2-1-3-7-13;13-10-11-8-5-1-3-7-4-2-6-12(10)9(7)8/h3-16,19,26,29H,17-18H2,1-2H3;1-8,13,16,21H,9-10H2;1-10H,11-12H2;1-5H,6H2,(H,11,13)/t19-,26?,29+;13?,16-;;/m10../s1. The van der Waals surface area contributed by atoms with E-state index in [2.05, 4.69) is 67.2 Å². The van der Waals surface area contributed by atoms with Crippen LogP contribution in [-0.2, 0) is 55.3 Å². The van der Waals surface area contributed by atoms with Crippen molar-refractivity contribution in [2.24, 2.45) is 0 Å². The minimum atomic E-state index is -0.587. The highest BCUT2D eigenvalue weighted by Gasteiger charge is 2.36. The number of alkyl halides is 2. The number of benzene rings is 9. The zero-order valence-corrected chi connectivity index (χ0v) is 54.1. The maximum absolute atomic E-state index is 13.4. The average molecular weight is 1370 g/mol. The largest absolute Gasteiger partial charge is 0.497 e. The van der Waals surface area contributed by atoms with Crippen LogP contribution in [0.1, 0.15) is 69.6 Å². The quantitative estimate of drug-likeness (QED) is 0.100. The van der Waals surface area contributed by atoms with Gasteiger partial charge in [-0.3, -0.25) is 36.8 Å². The number of carbonyl (C=O) groups excluding carboxylic acids is 1. The minimum absolute atomic E-state index is 0.0215. The molecule has 0 radical (unpaired) electrons. The highest BCUT2D eigenvalue weighted by atomic mass is 79.9. The first-order valence-electron chi connectivity index (χ1n) is 30.9. The second-order valence-corrected chi connectivity index (χ2v) is 26.0. The third-order valence-electron chi connectivity index (χ3n) is 17.9. The number of aliphatic hydroxyl groups is 1. The Morgan fingerprint density at radius 2 is 1.01 bits per heavy atom. The number of nitrogens with zero attached hydrogens (tertiary/aromatic N) is 7. The van der Waals surface area contributed by atoms with Crippen molar-refractivity contribution in [2.45, 2.75) is 80.5 Å². The Morgan fingerprint density at radius 3 is 1.60 bits per heavy atom. The number of imidazole rings is 4. The van der Waals surface area contributed by atoms with E-state index in [0.29, 0.717) is 45.8 Å². The lowest BCUT2D eigenvalue weighted by molar-refractivity contribution is -0.151. The number of nitrogens with one attached hydrogen (secondary N) is 1. The molecule has 2 unspecified atom stereocenters. The predicted octanol–water partition coefficient (Wildman–Crippen LogP) is 13.1. The van der Waals surface area contributed by atoms with Crippen LogP contribution in [-0.4, -0.2) is 64.8 Å². The number of rotatable bonds is 10. The van der Waals surface area contributed by atoms with E-state index >= 15 is 0 Å². The van der Waals surface area contributed by atoms with Gasteiger partial charge in [0, 0.05) is 48.4 Å². The SMILES string of the molecule is COc1ccc2cc([C@@H](C)C(=O)O[C@H]3c4cccc5c4n(c(=O)n5Cc4ccccc4)CC3Br)ccc2c1.O=c1[nH]c2cccc3c2n1CC=C3.O=c1n(Cc2ccccc2)c2cccc3c2n1CC(Br)[C@H]3O.O=c1n(Cc2ccccc2)c2cccc3c2n1CC=C3. The molecule has 0 fully saturated rings. The van der Waals surface area contributed by atoms with Gasteiger partial charge in [-0.25, -0.2) is 19.2 Å². The van der Waals surface area contributed by atoms with E-state index < -0.39 is 18.1 Å². The van der Waals surface area contributed by atoms with Gasteiger partial charge in [0.15, 0.2) is 0 Å². The Kier molecular flexibility index (Phi) is 16.7. The molecule has 9 aromatic carbocycles. The van der Waals surface area contributed by atoms with Crippen LogP contribution in [0.2, 0.25) is 0 Å². The highest BCUT2D eigenvalue weighted by Crippen LogP contribution is 2.39. The molecule has 4 aromatic heterocycles. The highest BCUT2D eigenvalue weighted by molar-refractivity contribution is 9.09. The Labute approximate surface area is 550 Å². The summed E-state index contributed by atoms with van der Waals surface area (Å²) in [4.78, 5) is 66.1. The first-order chi connectivity index (χ1) is 45.3. The Hall–Kier alpha value is -10.0. The van der Waals surface area contributed by atoms with Crippen LogP contribution < -0.4 is 27.5 Å². The fourth-order valence-electron chi connectivity index (χ4n) is 13.3. The van der Waals surface area contributed by atoms with Crippen molar-refractivity contribution in [3.63, 3.8) is 0 Å². The molecule has 8 heterocycles. The fraction of sp³-hybridized carbons (Fsp3) is 0.187. The molecular formula is C75H64Br2N8O8. The van der Waals surface area contributed by atoms with Crippen molar-refractivity contribution in [1.82, 2.24) is 37.0 Å². The Bertz CT molecular complexity index is 5320. The number of hydrogen-bond donors (Lipinski definition) is 2. The van der Waals surface area contributed by atoms with E-state index in [1.807, 2.05) is 210 Å². The zero-order valence-electron chi connectivity index (χ0n) is 50.9. The van der Waals surface area contributed by atoms with E-state index in [4.69, 9.17) is 9.47 Å². The number of aromatic nitrogens is 8. The van der Waals surface area contributed by atoms with E-state index in [9.17, 15) is 29.1 Å². The lowest BCUT2D eigenvalue weighted by atomic mass is 9.97. The number of esters is 1. The number of ether oxygens (including phenoxy) is 2. The van der Waals surface area contributed by atoms with E-state index in [-0.39, 0.29) is 38.4 Å². The average Bonchev–Trinajstić information content (AvgIpc) is 1.62. The zero-order chi connectivity index (χ0) is 64.0. The lowest BCUT2D eigenvalue weighted by Gasteiger charge is -2.29. The summed E-state index contributed by atoms with van der Waals surface area (Å²) in [6.07, 6.45) is 7.08. The molecule has 16 nitrogen and oxygen atoms in total. The molecule has 466 valence electrons. The number of aliphatic hydroxyl groups excluding tert-OH is 1. The van der Waals surface area contributed by atoms with Gasteiger partial charge < -0.3 is 19.6 Å². The molecule has 0 amide bonds. The maximum Gasteiger partial charge on any atom is 0.329 e. The summed E-state index contributed by atoms with van der Waals surface area (Å²) in [5, 5.41) is 12.4.